The molecule has 20 heavy (non-hydrogen) atoms. The lowest BCUT2D eigenvalue weighted by Gasteiger charge is -2.08. The Labute approximate surface area is 118 Å². The van der Waals surface area contributed by atoms with Gasteiger partial charge in [0.2, 0.25) is 0 Å². The average Bonchev–Trinajstić information content (AvgIpc) is 2.65. The summed E-state index contributed by atoms with van der Waals surface area (Å²) in [5, 5.41) is 10.8. The Morgan fingerprint density at radius 3 is 2.65 bits per heavy atom. The van der Waals surface area contributed by atoms with Gasteiger partial charge in [-0.1, -0.05) is 17.4 Å². The third kappa shape index (κ3) is 2.56. The van der Waals surface area contributed by atoms with E-state index >= 15 is 0 Å². The van der Waals surface area contributed by atoms with E-state index < -0.39 is 4.92 Å². The number of nitrogens with two attached hydrogens (primary N) is 1. The van der Waals surface area contributed by atoms with Crippen LogP contribution in [0.5, 0.6) is 0 Å². The molecule has 0 atom stereocenters. The molecule has 0 aliphatic carbocycles. The van der Waals surface area contributed by atoms with Gasteiger partial charge in [-0.2, -0.15) is 0 Å². The molecule has 0 amide bonds. The number of anilines is 1. The van der Waals surface area contributed by atoms with Crippen LogP contribution in [0.4, 0.5) is 11.4 Å². The smallest absolute Gasteiger partial charge is 0.307 e. The molecule has 8 heteroatoms. The van der Waals surface area contributed by atoms with Crippen molar-refractivity contribution in [1.82, 2.24) is 4.57 Å². The van der Waals surface area contributed by atoms with Crippen LogP contribution in [0, 0.1) is 24.0 Å². The first-order valence-electron chi connectivity index (χ1n) is 5.84. The second-order valence-electron chi connectivity index (χ2n) is 4.35. The highest BCUT2D eigenvalue weighted by molar-refractivity contribution is 7.09. The quantitative estimate of drug-likeness (QED) is 0.508. The maximum Gasteiger partial charge on any atom is 0.307 e. The molecule has 0 fully saturated rings. The predicted octanol–water partition coefficient (Wildman–Crippen LogP) is 1.77. The van der Waals surface area contributed by atoms with Gasteiger partial charge in [0.05, 0.1) is 11.5 Å². The van der Waals surface area contributed by atoms with Crippen LogP contribution in [-0.2, 0) is 6.54 Å². The molecule has 0 saturated heterocycles. The highest BCUT2D eigenvalue weighted by Gasteiger charge is 2.14. The van der Waals surface area contributed by atoms with Gasteiger partial charge >= 0.3 is 4.87 Å². The second kappa shape index (κ2) is 5.43. The Morgan fingerprint density at radius 1 is 1.45 bits per heavy atom. The number of aryl methyl sites for hydroxylation is 1. The molecule has 0 aliphatic rings. The van der Waals surface area contributed by atoms with E-state index in [0.717, 1.165) is 16.1 Å². The van der Waals surface area contributed by atoms with E-state index in [1.165, 1.54) is 17.4 Å². The van der Waals surface area contributed by atoms with Gasteiger partial charge in [-0.05, 0) is 25.5 Å². The molecule has 3 N–H and O–H groups in total. The number of rotatable bonds is 4. The summed E-state index contributed by atoms with van der Waals surface area (Å²) in [4.78, 5) is 23.1. The first-order chi connectivity index (χ1) is 9.43. The standard InChI is InChI=1S/C12H14N4O3S/c1-7-8(2)20-12(17)15(7)6-9-3-4-11(16(18)19)10(5-9)14-13/h3-5,14H,6,13H2,1-2H3. The van der Waals surface area contributed by atoms with E-state index in [-0.39, 0.29) is 16.2 Å². The molecule has 2 rings (SSSR count). The molecule has 7 nitrogen and oxygen atoms in total. The van der Waals surface area contributed by atoms with E-state index in [4.69, 9.17) is 5.84 Å². The monoisotopic (exact) mass is 294 g/mol. The number of aromatic nitrogens is 1. The predicted molar refractivity (Wildman–Crippen MR) is 78.1 cm³/mol. The number of hydrogen-bond acceptors (Lipinski definition) is 6. The molecule has 0 bridgehead atoms. The number of nitrogen functional groups attached to an aromatic ring is 1. The van der Waals surface area contributed by atoms with Gasteiger partial charge in [-0.3, -0.25) is 25.3 Å². The number of thiazole rings is 1. The topological polar surface area (TPSA) is 103 Å². The Morgan fingerprint density at radius 2 is 2.15 bits per heavy atom. The third-order valence-electron chi connectivity index (χ3n) is 3.13. The highest BCUT2D eigenvalue weighted by atomic mass is 32.1. The molecule has 0 aliphatic heterocycles. The van der Waals surface area contributed by atoms with Gasteiger partial charge in [0.15, 0.2) is 0 Å². The minimum absolute atomic E-state index is 0.0411. The lowest BCUT2D eigenvalue weighted by atomic mass is 10.1. The van der Waals surface area contributed by atoms with E-state index in [1.807, 2.05) is 13.8 Å². The molecule has 0 spiro atoms. The van der Waals surface area contributed by atoms with Crippen molar-refractivity contribution in [3.8, 4) is 0 Å². The van der Waals surface area contributed by atoms with E-state index in [2.05, 4.69) is 5.43 Å². The van der Waals surface area contributed by atoms with Crippen LogP contribution in [0.15, 0.2) is 23.0 Å². The van der Waals surface area contributed by atoms with E-state index in [9.17, 15) is 14.9 Å². The zero-order valence-electron chi connectivity index (χ0n) is 11.0. The van der Waals surface area contributed by atoms with Crippen molar-refractivity contribution >= 4 is 22.7 Å². The van der Waals surface area contributed by atoms with Crippen molar-refractivity contribution in [2.45, 2.75) is 20.4 Å². The molecule has 1 aromatic carbocycles. The summed E-state index contributed by atoms with van der Waals surface area (Å²) in [6, 6.07) is 4.58. The Hall–Kier alpha value is -2.19. The van der Waals surface area contributed by atoms with Crippen molar-refractivity contribution in [3.05, 3.63) is 54.1 Å². The number of hydrogen-bond donors (Lipinski definition) is 2. The van der Waals surface area contributed by atoms with Gasteiger partial charge in [0.1, 0.15) is 5.69 Å². The molecule has 0 unspecified atom stereocenters. The summed E-state index contributed by atoms with van der Waals surface area (Å²) >= 11 is 1.19. The lowest BCUT2D eigenvalue weighted by molar-refractivity contribution is -0.384. The van der Waals surface area contributed by atoms with Crippen LogP contribution in [0.2, 0.25) is 0 Å². The van der Waals surface area contributed by atoms with Crippen molar-refractivity contribution in [3.63, 3.8) is 0 Å². The number of nitrogens with one attached hydrogen (secondary N) is 1. The zero-order valence-corrected chi connectivity index (χ0v) is 11.9. The molecule has 1 aromatic heterocycles. The van der Waals surface area contributed by atoms with Crippen LogP contribution < -0.4 is 16.1 Å². The fourth-order valence-corrected chi connectivity index (χ4v) is 2.74. The molecule has 0 radical (unpaired) electrons. The summed E-state index contributed by atoms with van der Waals surface area (Å²) < 4.78 is 1.64. The van der Waals surface area contributed by atoms with Crippen LogP contribution in [0.25, 0.3) is 0 Å². The summed E-state index contributed by atoms with van der Waals surface area (Å²) in [7, 11) is 0. The first-order valence-corrected chi connectivity index (χ1v) is 6.66. The largest absolute Gasteiger partial charge is 0.318 e. The van der Waals surface area contributed by atoms with Gasteiger partial charge < -0.3 is 5.43 Å². The highest BCUT2D eigenvalue weighted by Crippen LogP contribution is 2.25. The zero-order chi connectivity index (χ0) is 14.9. The second-order valence-corrected chi connectivity index (χ2v) is 5.51. The Bertz CT molecular complexity index is 720. The maximum absolute atomic E-state index is 11.8. The number of nitro groups is 1. The van der Waals surface area contributed by atoms with E-state index in [1.54, 1.807) is 16.7 Å². The molecule has 106 valence electrons. The maximum atomic E-state index is 11.8. The molecule has 0 saturated carbocycles. The Balaban J connectivity index is 2.40. The normalized spacial score (nSPS) is 10.6. The molecule has 2 aromatic rings. The van der Waals surface area contributed by atoms with Crippen LogP contribution in [0.1, 0.15) is 16.1 Å². The minimum Gasteiger partial charge on any atom is -0.318 e. The summed E-state index contributed by atoms with van der Waals surface area (Å²) in [6.07, 6.45) is 0. The van der Waals surface area contributed by atoms with Crippen molar-refractivity contribution in [2.75, 3.05) is 5.43 Å². The Kier molecular flexibility index (Phi) is 3.86. The van der Waals surface area contributed by atoms with Gasteiger partial charge in [0.25, 0.3) is 5.69 Å². The van der Waals surface area contributed by atoms with Gasteiger partial charge in [-0.25, -0.2) is 0 Å². The number of hydrazine groups is 1. The van der Waals surface area contributed by atoms with Gasteiger partial charge in [0, 0.05) is 16.6 Å². The molecular weight excluding hydrogens is 280 g/mol. The number of benzene rings is 1. The minimum atomic E-state index is -0.509. The number of nitrogens with zero attached hydrogens (tertiary/aromatic N) is 2. The van der Waals surface area contributed by atoms with Crippen molar-refractivity contribution < 1.29 is 4.92 Å². The van der Waals surface area contributed by atoms with Crippen molar-refractivity contribution in [1.29, 1.82) is 0 Å². The fourth-order valence-electron chi connectivity index (χ4n) is 1.91. The summed E-state index contributed by atoms with van der Waals surface area (Å²) in [5.74, 6) is 5.29. The van der Waals surface area contributed by atoms with Crippen LogP contribution in [0.3, 0.4) is 0 Å². The van der Waals surface area contributed by atoms with Crippen molar-refractivity contribution in [2.24, 2.45) is 5.84 Å². The third-order valence-corrected chi connectivity index (χ3v) is 4.13. The first kappa shape index (κ1) is 14.2. The van der Waals surface area contributed by atoms with Gasteiger partial charge in [-0.15, -0.1) is 0 Å². The van der Waals surface area contributed by atoms with Crippen LogP contribution in [-0.4, -0.2) is 9.49 Å². The number of nitro benzene ring substituents is 1. The SMILES string of the molecule is Cc1sc(=O)n(Cc2ccc([N+](=O)[O-])c(NN)c2)c1C. The average molecular weight is 294 g/mol. The van der Waals surface area contributed by atoms with E-state index in [0.29, 0.717) is 6.54 Å². The fraction of sp³-hybridized carbons (Fsp3) is 0.250. The molecular formula is C12H14N4O3S. The lowest BCUT2D eigenvalue weighted by Crippen LogP contribution is -2.16. The molecule has 1 heterocycles. The summed E-state index contributed by atoms with van der Waals surface area (Å²) in [6.45, 7) is 4.13. The van der Waals surface area contributed by atoms with Crippen LogP contribution >= 0.6 is 11.3 Å². The summed E-state index contributed by atoms with van der Waals surface area (Å²) in [5.41, 5.74) is 4.12.